The smallest absolute Gasteiger partial charge is 0.387 e. The van der Waals surface area contributed by atoms with Crippen LogP contribution in [0, 0.1) is 0 Å². The van der Waals surface area contributed by atoms with Crippen LogP contribution >= 0.6 is 28.3 Å². The van der Waals surface area contributed by atoms with Gasteiger partial charge in [-0.2, -0.15) is 8.78 Å². The van der Waals surface area contributed by atoms with Crippen molar-refractivity contribution in [2.24, 2.45) is 5.73 Å². The Hall–Kier alpha value is -0.920. The van der Waals surface area contributed by atoms with Crippen molar-refractivity contribution in [1.82, 2.24) is 5.32 Å². The van der Waals surface area contributed by atoms with Crippen molar-refractivity contribution in [3.63, 3.8) is 0 Å². The van der Waals surface area contributed by atoms with E-state index in [2.05, 4.69) is 26.0 Å². The second kappa shape index (κ2) is 9.27. The number of carbonyl (C=O) groups excluding carboxylic acids is 1. The number of ether oxygens (including phenoxy) is 1. The highest BCUT2D eigenvalue weighted by molar-refractivity contribution is 9.10. The van der Waals surface area contributed by atoms with Crippen LogP contribution in [0.4, 0.5) is 8.78 Å². The molecule has 0 aliphatic heterocycles. The van der Waals surface area contributed by atoms with Gasteiger partial charge in [-0.15, -0.1) is 12.4 Å². The monoisotopic (exact) mass is 400 g/mol. The van der Waals surface area contributed by atoms with Gasteiger partial charge >= 0.3 is 6.61 Å². The number of nitrogens with one attached hydrogen (secondary N) is 1. The first kappa shape index (κ1) is 21.1. The number of nitrogens with two attached hydrogens (primary N) is 1. The van der Waals surface area contributed by atoms with E-state index in [-0.39, 0.29) is 30.6 Å². The largest absolute Gasteiger partial charge is 0.434 e. The molecule has 0 radical (unpaired) electrons. The molecule has 126 valence electrons. The van der Waals surface area contributed by atoms with Gasteiger partial charge in [-0.05, 0) is 31.5 Å². The normalized spacial score (nSPS) is 13.2. The molecule has 0 spiro atoms. The van der Waals surface area contributed by atoms with Crippen molar-refractivity contribution in [1.29, 1.82) is 0 Å². The number of amides is 1. The van der Waals surface area contributed by atoms with Gasteiger partial charge < -0.3 is 15.8 Å². The number of hydrogen-bond acceptors (Lipinski definition) is 3. The Morgan fingerprint density at radius 1 is 1.50 bits per heavy atom. The third-order valence-corrected chi connectivity index (χ3v) is 3.46. The van der Waals surface area contributed by atoms with E-state index in [1.165, 1.54) is 6.07 Å². The molecule has 0 saturated heterocycles. The maximum Gasteiger partial charge on any atom is 0.387 e. The number of hydrogen-bond donors (Lipinski definition) is 2. The Balaban J connectivity index is 0.00000441. The fourth-order valence-electron chi connectivity index (χ4n) is 1.91. The van der Waals surface area contributed by atoms with Gasteiger partial charge in [-0.25, -0.2) is 0 Å². The molecule has 0 aliphatic carbocycles. The van der Waals surface area contributed by atoms with Crippen LogP contribution in [-0.2, 0) is 11.3 Å². The number of benzene rings is 1. The first-order valence-electron chi connectivity index (χ1n) is 6.56. The summed E-state index contributed by atoms with van der Waals surface area (Å²) in [6, 6.07) is 4.63. The molecule has 22 heavy (non-hydrogen) atoms. The minimum absolute atomic E-state index is 0. The number of alkyl halides is 2. The lowest BCUT2D eigenvalue weighted by Crippen LogP contribution is -2.51. The van der Waals surface area contributed by atoms with Gasteiger partial charge in [-0.1, -0.05) is 29.3 Å². The average molecular weight is 402 g/mol. The lowest BCUT2D eigenvalue weighted by molar-refractivity contribution is -0.126. The van der Waals surface area contributed by atoms with Gasteiger partial charge in [0.15, 0.2) is 0 Å². The lowest BCUT2D eigenvalue weighted by Gasteiger charge is -2.23. The molecule has 1 rings (SSSR count). The van der Waals surface area contributed by atoms with Crippen molar-refractivity contribution in [2.45, 2.75) is 45.4 Å². The molecule has 1 aromatic carbocycles. The van der Waals surface area contributed by atoms with Gasteiger partial charge in [0.25, 0.3) is 0 Å². The summed E-state index contributed by atoms with van der Waals surface area (Å²) in [6.45, 7) is 0.724. The van der Waals surface area contributed by atoms with E-state index in [0.717, 1.165) is 6.42 Å². The Morgan fingerprint density at radius 3 is 2.68 bits per heavy atom. The molecule has 3 N–H and O–H groups in total. The number of carbonyl (C=O) groups is 1. The van der Waals surface area contributed by atoms with E-state index in [4.69, 9.17) is 5.73 Å². The summed E-state index contributed by atoms with van der Waals surface area (Å²) in [4.78, 5) is 12.0. The van der Waals surface area contributed by atoms with E-state index in [1.807, 2.05) is 6.92 Å². The van der Waals surface area contributed by atoms with Crippen LogP contribution < -0.4 is 15.8 Å². The maximum absolute atomic E-state index is 12.3. The third kappa shape index (κ3) is 6.46. The fourth-order valence-corrected chi connectivity index (χ4v) is 2.32. The zero-order valence-electron chi connectivity index (χ0n) is 12.4. The topological polar surface area (TPSA) is 64.4 Å². The molecule has 0 aromatic heterocycles. The summed E-state index contributed by atoms with van der Waals surface area (Å²) in [6.07, 6.45) is 1.31. The van der Waals surface area contributed by atoms with E-state index in [1.54, 1.807) is 19.1 Å². The average Bonchev–Trinajstić information content (AvgIpc) is 2.38. The van der Waals surface area contributed by atoms with Crippen molar-refractivity contribution >= 4 is 34.2 Å². The highest BCUT2D eigenvalue weighted by Crippen LogP contribution is 2.25. The zero-order chi connectivity index (χ0) is 16.0. The molecule has 0 fully saturated rings. The molecule has 0 aliphatic rings. The predicted octanol–water partition coefficient (Wildman–Crippen LogP) is 3.61. The molecule has 8 heteroatoms. The highest BCUT2D eigenvalue weighted by atomic mass is 79.9. The van der Waals surface area contributed by atoms with E-state index in [0.29, 0.717) is 16.5 Å². The Labute approximate surface area is 143 Å². The van der Waals surface area contributed by atoms with E-state index in [9.17, 15) is 13.6 Å². The molecule has 0 saturated carbocycles. The van der Waals surface area contributed by atoms with Crippen LogP contribution in [0.5, 0.6) is 5.75 Å². The van der Waals surface area contributed by atoms with Crippen LogP contribution in [0.2, 0.25) is 0 Å². The van der Waals surface area contributed by atoms with Crippen molar-refractivity contribution in [3.05, 3.63) is 28.2 Å². The van der Waals surface area contributed by atoms with Crippen LogP contribution in [0.1, 0.15) is 32.3 Å². The van der Waals surface area contributed by atoms with Crippen LogP contribution in [0.25, 0.3) is 0 Å². The van der Waals surface area contributed by atoms with Gasteiger partial charge in [0.2, 0.25) is 5.91 Å². The van der Waals surface area contributed by atoms with Crippen molar-refractivity contribution in [2.75, 3.05) is 0 Å². The summed E-state index contributed by atoms with van der Waals surface area (Å²) in [5.74, 6) is -0.296. The van der Waals surface area contributed by atoms with E-state index < -0.39 is 12.2 Å². The lowest BCUT2D eigenvalue weighted by atomic mass is 9.96. The summed E-state index contributed by atoms with van der Waals surface area (Å²) in [5.41, 5.74) is 5.38. The molecule has 1 atom stereocenters. The first-order chi connectivity index (χ1) is 9.76. The molecule has 0 bridgehead atoms. The van der Waals surface area contributed by atoms with Crippen LogP contribution in [-0.4, -0.2) is 18.1 Å². The van der Waals surface area contributed by atoms with Gasteiger partial charge in [0.1, 0.15) is 5.75 Å². The maximum atomic E-state index is 12.3. The predicted molar refractivity (Wildman–Crippen MR) is 87.4 cm³/mol. The Kier molecular flexibility index (Phi) is 8.88. The minimum Gasteiger partial charge on any atom is -0.434 e. The van der Waals surface area contributed by atoms with Gasteiger partial charge in [-0.3, -0.25) is 4.79 Å². The Morgan fingerprint density at radius 2 is 2.14 bits per heavy atom. The van der Waals surface area contributed by atoms with E-state index >= 15 is 0 Å². The molecule has 1 amide bonds. The molecular formula is C14H20BrClF2N2O2. The molecule has 0 heterocycles. The second-order valence-corrected chi connectivity index (χ2v) is 5.90. The van der Waals surface area contributed by atoms with Gasteiger partial charge in [0.05, 0.1) is 5.54 Å². The first-order valence-corrected chi connectivity index (χ1v) is 7.36. The van der Waals surface area contributed by atoms with Crippen LogP contribution in [0.15, 0.2) is 22.7 Å². The molecule has 1 unspecified atom stereocenters. The fraction of sp³-hybridized carbons (Fsp3) is 0.500. The summed E-state index contributed by atoms with van der Waals surface area (Å²) in [7, 11) is 0. The molecule has 4 nitrogen and oxygen atoms in total. The summed E-state index contributed by atoms with van der Waals surface area (Å²) < 4.78 is 29.8. The summed E-state index contributed by atoms with van der Waals surface area (Å²) >= 11 is 3.25. The molecular weight excluding hydrogens is 382 g/mol. The number of rotatable bonds is 7. The third-order valence-electron chi connectivity index (χ3n) is 2.97. The standard InChI is InChI=1S/C14H19BrF2N2O2.ClH/c1-3-6-14(2,18)12(20)19-8-9-7-10(15)4-5-11(9)21-13(16)17;/h4-5,7,13H,3,6,8,18H2,1-2H3,(H,19,20);1H. The summed E-state index contributed by atoms with van der Waals surface area (Å²) in [5, 5.41) is 2.66. The van der Waals surface area contributed by atoms with Crippen LogP contribution in [0.3, 0.4) is 0 Å². The van der Waals surface area contributed by atoms with Crippen molar-refractivity contribution < 1.29 is 18.3 Å². The molecule has 1 aromatic rings. The van der Waals surface area contributed by atoms with Crippen molar-refractivity contribution in [3.8, 4) is 5.75 Å². The Bertz CT molecular complexity index is 502. The van der Waals surface area contributed by atoms with Gasteiger partial charge in [0, 0.05) is 16.6 Å². The SMILES string of the molecule is CCCC(C)(N)C(=O)NCc1cc(Br)ccc1OC(F)F.Cl. The highest BCUT2D eigenvalue weighted by Gasteiger charge is 2.27. The number of halogens is 4. The zero-order valence-corrected chi connectivity index (χ0v) is 14.8. The minimum atomic E-state index is -2.92. The second-order valence-electron chi connectivity index (χ2n) is 4.98. The quantitative estimate of drug-likeness (QED) is 0.733.